The number of H-pyrrole nitrogens is 1. The van der Waals surface area contributed by atoms with Crippen molar-refractivity contribution in [2.24, 2.45) is 0 Å². The number of fused-ring (bicyclic) bond motifs is 1. The van der Waals surface area contributed by atoms with Crippen LogP contribution in [-0.4, -0.2) is 18.7 Å². The average Bonchev–Trinajstić information content (AvgIpc) is 2.95. The van der Waals surface area contributed by atoms with E-state index in [1.807, 2.05) is 6.07 Å². The SMILES string of the molecule is Cc1cc2ccc(NS(=O)(=O)C3CCCC3)cc2[nH]c1=O. The van der Waals surface area contributed by atoms with E-state index in [4.69, 9.17) is 0 Å². The smallest absolute Gasteiger partial charge is 0.251 e. The minimum atomic E-state index is -3.34. The summed E-state index contributed by atoms with van der Waals surface area (Å²) in [5, 5.41) is 0.584. The predicted octanol–water partition coefficient (Wildman–Crippen LogP) is 2.52. The second-order valence-corrected chi connectivity index (χ2v) is 7.60. The minimum absolute atomic E-state index is 0.154. The monoisotopic (exact) mass is 306 g/mol. The summed E-state index contributed by atoms with van der Waals surface area (Å²) in [6.45, 7) is 1.75. The normalized spacial score (nSPS) is 16.4. The van der Waals surface area contributed by atoms with Gasteiger partial charge in [-0.3, -0.25) is 9.52 Å². The predicted molar refractivity (Wildman–Crippen MR) is 84.1 cm³/mol. The molecular weight excluding hydrogens is 288 g/mol. The molecule has 112 valence electrons. The Hall–Kier alpha value is -1.82. The summed E-state index contributed by atoms with van der Waals surface area (Å²) in [6.07, 6.45) is 3.38. The van der Waals surface area contributed by atoms with Gasteiger partial charge >= 0.3 is 0 Å². The molecule has 0 atom stereocenters. The average molecular weight is 306 g/mol. The molecule has 1 aliphatic carbocycles. The van der Waals surface area contributed by atoms with Gasteiger partial charge in [-0.25, -0.2) is 8.42 Å². The Morgan fingerprint density at radius 3 is 2.62 bits per heavy atom. The highest BCUT2D eigenvalue weighted by molar-refractivity contribution is 7.93. The van der Waals surface area contributed by atoms with Crippen molar-refractivity contribution in [2.75, 3.05) is 4.72 Å². The number of anilines is 1. The van der Waals surface area contributed by atoms with E-state index in [9.17, 15) is 13.2 Å². The maximum absolute atomic E-state index is 12.3. The van der Waals surface area contributed by atoms with Crippen LogP contribution in [0.1, 0.15) is 31.2 Å². The molecule has 1 heterocycles. The maximum Gasteiger partial charge on any atom is 0.251 e. The molecule has 1 fully saturated rings. The van der Waals surface area contributed by atoms with Crippen LogP contribution >= 0.6 is 0 Å². The van der Waals surface area contributed by atoms with Crippen LogP contribution in [0.15, 0.2) is 29.1 Å². The lowest BCUT2D eigenvalue weighted by Crippen LogP contribution is -2.25. The van der Waals surface area contributed by atoms with Gasteiger partial charge in [0.05, 0.1) is 16.5 Å². The minimum Gasteiger partial charge on any atom is -0.322 e. The zero-order valence-corrected chi connectivity index (χ0v) is 12.7. The number of nitrogens with one attached hydrogen (secondary N) is 2. The van der Waals surface area contributed by atoms with Crippen molar-refractivity contribution in [3.63, 3.8) is 0 Å². The van der Waals surface area contributed by atoms with E-state index in [0.29, 0.717) is 16.8 Å². The first-order chi connectivity index (χ1) is 9.95. The molecule has 0 aliphatic heterocycles. The molecule has 0 bridgehead atoms. The summed E-state index contributed by atoms with van der Waals surface area (Å²) in [6, 6.07) is 7.00. The first kappa shape index (κ1) is 14.1. The van der Waals surface area contributed by atoms with Crippen molar-refractivity contribution in [3.8, 4) is 0 Å². The third kappa shape index (κ3) is 2.81. The number of aromatic amines is 1. The van der Waals surface area contributed by atoms with Crippen LogP contribution in [0.25, 0.3) is 10.9 Å². The number of pyridine rings is 1. The molecule has 1 saturated carbocycles. The number of hydrogen-bond acceptors (Lipinski definition) is 3. The van der Waals surface area contributed by atoms with E-state index in [0.717, 1.165) is 31.1 Å². The summed E-state index contributed by atoms with van der Waals surface area (Å²) >= 11 is 0. The molecule has 0 radical (unpaired) electrons. The molecule has 0 unspecified atom stereocenters. The van der Waals surface area contributed by atoms with Crippen molar-refractivity contribution >= 4 is 26.6 Å². The molecule has 21 heavy (non-hydrogen) atoms. The summed E-state index contributed by atoms with van der Waals surface area (Å²) in [5.41, 5.74) is 1.62. The fourth-order valence-electron chi connectivity index (χ4n) is 2.82. The van der Waals surface area contributed by atoms with Gasteiger partial charge in [0, 0.05) is 5.56 Å². The second-order valence-electron chi connectivity index (χ2n) is 5.64. The number of aryl methyl sites for hydroxylation is 1. The van der Waals surface area contributed by atoms with Crippen molar-refractivity contribution in [1.82, 2.24) is 4.98 Å². The quantitative estimate of drug-likeness (QED) is 0.914. The highest BCUT2D eigenvalue weighted by Gasteiger charge is 2.28. The highest BCUT2D eigenvalue weighted by Crippen LogP contribution is 2.27. The molecule has 1 aliphatic rings. The molecular formula is C15H18N2O3S. The van der Waals surface area contributed by atoms with Crippen molar-refractivity contribution in [1.29, 1.82) is 0 Å². The molecule has 0 saturated heterocycles. The van der Waals surface area contributed by atoms with Gasteiger partial charge < -0.3 is 4.98 Å². The summed E-state index contributed by atoms with van der Waals surface area (Å²) in [7, 11) is -3.34. The van der Waals surface area contributed by atoms with Crippen molar-refractivity contribution in [3.05, 3.63) is 40.2 Å². The Morgan fingerprint density at radius 1 is 1.19 bits per heavy atom. The van der Waals surface area contributed by atoms with Gasteiger partial charge in [-0.1, -0.05) is 18.9 Å². The third-order valence-electron chi connectivity index (χ3n) is 4.03. The van der Waals surface area contributed by atoms with Gasteiger partial charge in [-0.2, -0.15) is 0 Å². The zero-order chi connectivity index (χ0) is 15.0. The van der Waals surface area contributed by atoms with Crippen LogP contribution in [0.2, 0.25) is 0 Å². The fourth-order valence-corrected chi connectivity index (χ4v) is 4.40. The third-order valence-corrected chi connectivity index (χ3v) is 5.90. The standard InChI is InChI=1S/C15H18N2O3S/c1-10-8-11-6-7-12(9-14(11)16-15(10)18)17-21(19,20)13-4-2-3-5-13/h6-9,13,17H,2-5H2,1H3,(H,16,18). The van der Waals surface area contributed by atoms with Crippen LogP contribution in [0.5, 0.6) is 0 Å². The molecule has 2 N–H and O–H groups in total. The fraction of sp³-hybridized carbons (Fsp3) is 0.400. The lowest BCUT2D eigenvalue weighted by atomic mass is 10.1. The Balaban J connectivity index is 1.94. The molecule has 1 aromatic heterocycles. The molecule has 6 heteroatoms. The molecule has 2 aromatic rings. The Morgan fingerprint density at radius 2 is 1.90 bits per heavy atom. The Bertz CT molecular complexity index is 834. The van der Waals surface area contributed by atoms with E-state index >= 15 is 0 Å². The number of rotatable bonds is 3. The summed E-state index contributed by atoms with van der Waals surface area (Å²) in [5.74, 6) is 0. The summed E-state index contributed by atoms with van der Waals surface area (Å²) in [4.78, 5) is 14.4. The van der Waals surface area contributed by atoms with E-state index in [-0.39, 0.29) is 10.8 Å². The largest absolute Gasteiger partial charge is 0.322 e. The Labute approximate surface area is 123 Å². The lowest BCUT2D eigenvalue weighted by Gasteiger charge is -2.13. The van der Waals surface area contributed by atoms with Crippen LogP contribution < -0.4 is 10.3 Å². The van der Waals surface area contributed by atoms with Crippen LogP contribution in [-0.2, 0) is 10.0 Å². The van der Waals surface area contributed by atoms with Gasteiger partial charge in [0.2, 0.25) is 10.0 Å². The number of aromatic nitrogens is 1. The first-order valence-corrected chi connectivity index (χ1v) is 8.66. The molecule has 5 nitrogen and oxygen atoms in total. The molecule has 0 spiro atoms. The lowest BCUT2D eigenvalue weighted by molar-refractivity contribution is 0.585. The zero-order valence-electron chi connectivity index (χ0n) is 11.8. The van der Waals surface area contributed by atoms with E-state index in [1.165, 1.54) is 0 Å². The van der Waals surface area contributed by atoms with Crippen molar-refractivity contribution in [2.45, 2.75) is 37.9 Å². The second kappa shape index (κ2) is 5.18. The van der Waals surface area contributed by atoms with Gasteiger partial charge in [-0.15, -0.1) is 0 Å². The van der Waals surface area contributed by atoms with Crippen LogP contribution in [0.4, 0.5) is 5.69 Å². The van der Waals surface area contributed by atoms with E-state index < -0.39 is 10.0 Å². The van der Waals surface area contributed by atoms with Gasteiger partial charge in [0.25, 0.3) is 5.56 Å². The highest BCUT2D eigenvalue weighted by atomic mass is 32.2. The molecule has 0 amide bonds. The topological polar surface area (TPSA) is 79.0 Å². The first-order valence-electron chi connectivity index (χ1n) is 7.11. The van der Waals surface area contributed by atoms with Crippen LogP contribution in [0.3, 0.4) is 0 Å². The van der Waals surface area contributed by atoms with Gasteiger partial charge in [-0.05, 0) is 43.4 Å². The van der Waals surface area contributed by atoms with Crippen LogP contribution in [0, 0.1) is 6.92 Å². The number of hydrogen-bond donors (Lipinski definition) is 2. The summed E-state index contributed by atoms with van der Waals surface area (Å²) < 4.78 is 27.2. The number of benzene rings is 1. The molecule has 1 aromatic carbocycles. The van der Waals surface area contributed by atoms with Gasteiger partial charge in [0.15, 0.2) is 0 Å². The number of sulfonamides is 1. The van der Waals surface area contributed by atoms with Crippen molar-refractivity contribution < 1.29 is 8.42 Å². The van der Waals surface area contributed by atoms with E-state index in [2.05, 4.69) is 9.71 Å². The Kier molecular flexibility index (Phi) is 3.49. The molecule has 3 rings (SSSR count). The maximum atomic E-state index is 12.3. The van der Waals surface area contributed by atoms with E-state index in [1.54, 1.807) is 25.1 Å². The van der Waals surface area contributed by atoms with Gasteiger partial charge in [0.1, 0.15) is 0 Å².